The summed E-state index contributed by atoms with van der Waals surface area (Å²) >= 11 is 0. The Bertz CT molecular complexity index is 1920. The summed E-state index contributed by atoms with van der Waals surface area (Å²) in [5.41, 5.74) is 2.71. The smallest absolute Gasteiger partial charge is 0.317 e. The molecule has 1 N–H and O–H groups in total. The van der Waals surface area contributed by atoms with Crippen LogP contribution in [-0.2, 0) is 13.6 Å². The first kappa shape index (κ1) is 25.3. The van der Waals surface area contributed by atoms with E-state index >= 15 is 4.39 Å². The van der Waals surface area contributed by atoms with Gasteiger partial charge in [0.1, 0.15) is 29.1 Å². The third-order valence-electron chi connectivity index (χ3n) is 7.82. The van der Waals surface area contributed by atoms with Crippen molar-refractivity contribution in [3.8, 4) is 34.4 Å². The highest BCUT2D eigenvalue weighted by Gasteiger charge is 2.42. The zero-order chi connectivity index (χ0) is 28.3. The number of halogens is 2. The van der Waals surface area contributed by atoms with E-state index < -0.39 is 17.2 Å². The number of fused-ring (bicyclic) bond motifs is 1. The summed E-state index contributed by atoms with van der Waals surface area (Å²) in [4.78, 5) is 18.4. The van der Waals surface area contributed by atoms with E-state index in [0.29, 0.717) is 35.6 Å². The molecule has 0 spiro atoms. The molecule has 0 amide bonds. The van der Waals surface area contributed by atoms with Crippen LogP contribution < -0.4 is 11.0 Å². The molecule has 0 radical (unpaired) electrons. The number of rotatable bonds is 8. The van der Waals surface area contributed by atoms with Gasteiger partial charge in [-0.25, -0.2) is 18.6 Å². The van der Waals surface area contributed by atoms with Crippen molar-refractivity contribution in [2.45, 2.75) is 43.8 Å². The Balaban J connectivity index is 1.33. The average Bonchev–Trinajstić information content (AvgIpc) is 3.88. The maximum Gasteiger partial charge on any atom is 0.338 e. The highest BCUT2D eigenvalue weighted by Crippen LogP contribution is 2.42. The number of aryl methyl sites for hydroxylation is 1. The molecule has 0 unspecified atom stereocenters. The Morgan fingerprint density at radius 1 is 1.15 bits per heavy atom. The molecule has 2 aliphatic rings. The lowest BCUT2D eigenvalue weighted by Crippen LogP contribution is -2.25. The number of nitriles is 1. The molecule has 2 saturated carbocycles. The van der Waals surface area contributed by atoms with Crippen LogP contribution in [0.2, 0.25) is 0 Å². The summed E-state index contributed by atoms with van der Waals surface area (Å²) < 4.78 is 33.6. The Kier molecular flexibility index (Phi) is 5.83. The second-order valence-electron chi connectivity index (χ2n) is 11.0. The third kappa shape index (κ3) is 4.70. The zero-order valence-electron chi connectivity index (χ0n) is 22.3. The van der Waals surface area contributed by atoms with Crippen molar-refractivity contribution in [1.29, 1.82) is 5.26 Å². The van der Waals surface area contributed by atoms with Crippen LogP contribution in [0.1, 0.15) is 48.4 Å². The molecular formula is C30H26F2N8O. The van der Waals surface area contributed by atoms with Crippen LogP contribution in [0, 0.1) is 17.1 Å². The second-order valence-corrected chi connectivity index (χ2v) is 11.0. The van der Waals surface area contributed by atoms with Crippen molar-refractivity contribution < 1.29 is 8.78 Å². The second kappa shape index (κ2) is 9.45. The lowest BCUT2D eigenvalue weighted by molar-refractivity contribution is 0.295. The summed E-state index contributed by atoms with van der Waals surface area (Å²) in [7, 11) is 1.83. The van der Waals surface area contributed by atoms with E-state index in [9.17, 15) is 14.4 Å². The predicted molar refractivity (Wildman–Crippen MR) is 148 cm³/mol. The first-order valence-electron chi connectivity index (χ1n) is 13.5. The molecule has 4 aromatic heterocycles. The van der Waals surface area contributed by atoms with Crippen molar-refractivity contribution in [3.63, 3.8) is 0 Å². The maximum atomic E-state index is 15.2. The van der Waals surface area contributed by atoms with Crippen molar-refractivity contribution in [3.05, 3.63) is 88.2 Å². The van der Waals surface area contributed by atoms with Crippen LogP contribution in [0.3, 0.4) is 0 Å². The number of nitrogens with one attached hydrogen (secondary N) is 1. The van der Waals surface area contributed by atoms with Crippen LogP contribution in [0.15, 0.2) is 59.9 Å². The van der Waals surface area contributed by atoms with Crippen molar-refractivity contribution >= 4 is 5.52 Å². The van der Waals surface area contributed by atoms with Crippen molar-refractivity contribution in [1.82, 2.24) is 34.0 Å². The molecule has 7 rings (SSSR count). The Morgan fingerprint density at radius 2 is 1.98 bits per heavy atom. The van der Waals surface area contributed by atoms with Crippen LogP contribution in [0.25, 0.3) is 33.8 Å². The van der Waals surface area contributed by atoms with Gasteiger partial charge in [0.25, 0.3) is 0 Å². The van der Waals surface area contributed by atoms with Gasteiger partial charge >= 0.3 is 5.69 Å². The Morgan fingerprint density at radius 3 is 2.68 bits per heavy atom. The van der Waals surface area contributed by atoms with Crippen LogP contribution >= 0.6 is 0 Å². The van der Waals surface area contributed by atoms with Gasteiger partial charge in [-0.1, -0.05) is 6.07 Å². The molecule has 9 nitrogen and oxygen atoms in total. The molecule has 2 aliphatic carbocycles. The Hall–Kier alpha value is -4.69. The number of hydrogen-bond donors (Lipinski definition) is 1. The summed E-state index contributed by atoms with van der Waals surface area (Å²) in [6.07, 6.45) is 7.70. The fourth-order valence-corrected chi connectivity index (χ4v) is 5.19. The molecule has 0 bridgehead atoms. The molecule has 0 aliphatic heterocycles. The summed E-state index contributed by atoms with van der Waals surface area (Å²) in [5, 5.41) is 20.8. The SMILES string of the molecule is Cn1cnnc1-c1cc(C#N)ccc1-c1cc(C2CC2)nc(-n2cc3c(F)cc(CNCC4(F)CC4)cn3c2=O)c1. The van der Waals surface area contributed by atoms with Crippen molar-refractivity contribution in [2.75, 3.05) is 6.54 Å². The molecule has 1 aromatic carbocycles. The van der Waals surface area contributed by atoms with Gasteiger partial charge in [0.05, 0.1) is 11.6 Å². The number of hydrogen-bond acceptors (Lipinski definition) is 6. The normalized spacial score (nSPS) is 15.8. The van der Waals surface area contributed by atoms with E-state index in [1.165, 1.54) is 21.2 Å². The van der Waals surface area contributed by atoms with Gasteiger partial charge in [-0.05, 0) is 72.7 Å². The fourth-order valence-electron chi connectivity index (χ4n) is 5.19. The minimum Gasteiger partial charge on any atom is -0.317 e. The highest BCUT2D eigenvalue weighted by atomic mass is 19.1. The van der Waals surface area contributed by atoms with Gasteiger partial charge in [0, 0.05) is 49.7 Å². The van der Waals surface area contributed by atoms with E-state index in [0.717, 1.165) is 35.2 Å². The van der Waals surface area contributed by atoms with Gasteiger partial charge in [-0.15, -0.1) is 10.2 Å². The molecule has 2 fully saturated rings. The minimum atomic E-state index is -1.17. The summed E-state index contributed by atoms with van der Waals surface area (Å²) in [5.74, 6) is 0.701. The predicted octanol–water partition coefficient (Wildman–Crippen LogP) is 4.43. The molecule has 206 valence electrons. The molecule has 0 atom stereocenters. The largest absolute Gasteiger partial charge is 0.338 e. The van der Waals surface area contributed by atoms with E-state index in [1.807, 2.05) is 19.2 Å². The van der Waals surface area contributed by atoms with E-state index in [2.05, 4.69) is 21.6 Å². The van der Waals surface area contributed by atoms with Crippen LogP contribution in [-0.4, -0.2) is 40.9 Å². The van der Waals surface area contributed by atoms with E-state index in [1.54, 1.807) is 35.3 Å². The summed E-state index contributed by atoms with van der Waals surface area (Å²) in [6.45, 7) is 0.453. The molecule has 4 heterocycles. The molecule has 5 aromatic rings. The van der Waals surface area contributed by atoms with E-state index in [-0.39, 0.29) is 24.5 Å². The first-order chi connectivity index (χ1) is 19.8. The third-order valence-corrected chi connectivity index (χ3v) is 7.82. The van der Waals surface area contributed by atoms with E-state index in [4.69, 9.17) is 4.98 Å². The molecule has 11 heteroatoms. The number of benzene rings is 1. The van der Waals surface area contributed by atoms with Gasteiger partial charge in [0.2, 0.25) is 0 Å². The number of imidazole rings is 1. The monoisotopic (exact) mass is 552 g/mol. The number of alkyl halides is 1. The molecular weight excluding hydrogens is 526 g/mol. The molecule has 0 saturated heterocycles. The topological polar surface area (TPSA) is 106 Å². The minimum absolute atomic E-state index is 0.126. The number of nitrogens with zero attached hydrogens (tertiary/aromatic N) is 7. The maximum absolute atomic E-state index is 15.2. The van der Waals surface area contributed by atoms with Gasteiger partial charge in [0.15, 0.2) is 5.82 Å². The number of pyridine rings is 2. The van der Waals surface area contributed by atoms with Gasteiger partial charge < -0.3 is 9.88 Å². The lowest BCUT2D eigenvalue weighted by atomic mass is 9.96. The Labute approximate surface area is 233 Å². The van der Waals surface area contributed by atoms with Gasteiger partial charge in [-0.3, -0.25) is 8.97 Å². The standard InChI is InChI=1S/C30H26F2N8O/c1-38-17-35-37-28(38)23-8-18(12-33)2-5-22(23)21-10-25(20-3-4-20)36-27(11-21)40-15-26-24(31)9-19(14-39(26)29(40)41)13-34-16-30(32)6-7-30/h2,5,8-11,14-15,17,20,34H,3-4,6-7,13,16H2,1H3. The number of aromatic nitrogens is 6. The van der Waals surface area contributed by atoms with Gasteiger partial charge in [-0.2, -0.15) is 5.26 Å². The van der Waals surface area contributed by atoms with Crippen LogP contribution in [0.5, 0.6) is 0 Å². The molecule has 41 heavy (non-hydrogen) atoms. The first-order valence-corrected chi connectivity index (χ1v) is 13.5. The zero-order valence-corrected chi connectivity index (χ0v) is 22.3. The lowest BCUT2D eigenvalue weighted by Gasteiger charge is -2.13. The van der Waals surface area contributed by atoms with Crippen molar-refractivity contribution in [2.24, 2.45) is 7.05 Å². The quantitative estimate of drug-likeness (QED) is 0.305. The van der Waals surface area contributed by atoms with Crippen LogP contribution in [0.4, 0.5) is 8.78 Å². The highest BCUT2D eigenvalue weighted by molar-refractivity contribution is 5.82. The summed E-state index contributed by atoms with van der Waals surface area (Å²) in [6, 6.07) is 12.7. The fraction of sp³-hybridized carbons (Fsp3) is 0.300. The average molecular weight is 553 g/mol.